The van der Waals surface area contributed by atoms with Crippen molar-refractivity contribution in [3.05, 3.63) is 18.2 Å². The van der Waals surface area contributed by atoms with Crippen LogP contribution in [0.4, 0.5) is 0 Å². The van der Waals surface area contributed by atoms with Gasteiger partial charge in [0.1, 0.15) is 5.69 Å². The molecule has 1 aromatic heterocycles. The molecule has 1 rings (SSSR count). The van der Waals surface area contributed by atoms with Gasteiger partial charge in [-0.05, 0) is 7.05 Å². The first kappa shape index (κ1) is 8.73. The van der Waals surface area contributed by atoms with Gasteiger partial charge in [0.2, 0.25) is 0 Å². The van der Waals surface area contributed by atoms with Gasteiger partial charge in [0.15, 0.2) is 0 Å². The van der Waals surface area contributed by atoms with Crippen LogP contribution in [-0.4, -0.2) is 34.2 Å². The lowest BCUT2D eigenvalue weighted by molar-refractivity contribution is 0.0685. The van der Waals surface area contributed by atoms with Crippen molar-refractivity contribution in [3.63, 3.8) is 0 Å². The van der Waals surface area contributed by atoms with Gasteiger partial charge < -0.3 is 15.0 Å². The second-order valence-electron chi connectivity index (χ2n) is 2.38. The molecule has 12 heavy (non-hydrogen) atoms. The maximum absolute atomic E-state index is 10.6. The van der Waals surface area contributed by atoms with Crippen molar-refractivity contribution in [1.29, 1.82) is 0 Å². The zero-order valence-corrected chi connectivity index (χ0v) is 6.82. The zero-order chi connectivity index (χ0) is 8.97. The molecule has 0 bridgehead atoms. The number of aromatic nitrogens is 2. The maximum atomic E-state index is 10.6. The number of rotatable bonds is 4. The molecule has 0 aliphatic rings. The van der Waals surface area contributed by atoms with Gasteiger partial charge in [-0.1, -0.05) is 0 Å². The Morgan fingerprint density at radius 3 is 3.17 bits per heavy atom. The molecule has 0 aliphatic heterocycles. The minimum atomic E-state index is -0.941. The van der Waals surface area contributed by atoms with Crippen LogP contribution in [0.3, 0.4) is 0 Å². The molecule has 0 spiro atoms. The van der Waals surface area contributed by atoms with E-state index in [1.807, 2.05) is 7.05 Å². The molecule has 0 aliphatic carbocycles. The summed E-state index contributed by atoms with van der Waals surface area (Å²) in [5, 5.41) is 11.6. The summed E-state index contributed by atoms with van der Waals surface area (Å²) in [5.74, 6) is -0.941. The molecule has 1 aromatic rings. The molecule has 2 N–H and O–H groups in total. The largest absolute Gasteiger partial charge is 0.477 e. The second kappa shape index (κ2) is 3.87. The quantitative estimate of drug-likeness (QED) is 0.655. The van der Waals surface area contributed by atoms with E-state index in [1.54, 1.807) is 4.57 Å². The van der Waals surface area contributed by atoms with E-state index in [-0.39, 0.29) is 5.69 Å². The highest BCUT2D eigenvalue weighted by atomic mass is 16.4. The fraction of sp³-hybridized carbons (Fsp3) is 0.429. The molecule has 0 fully saturated rings. The molecule has 0 saturated heterocycles. The Morgan fingerprint density at radius 2 is 2.58 bits per heavy atom. The maximum Gasteiger partial charge on any atom is 0.354 e. The average molecular weight is 169 g/mol. The summed E-state index contributed by atoms with van der Waals surface area (Å²) in [4.78, 5) is 14.3. The molecule has 0 radical (unpaired) electrons. The molecular formula is C7H11N3O2. The van der Waals surface area contributed by atoms with Crippen LogP contribution in [0, 0.1) is 0 Å². The molecule has 5 nitrogen and oxygen atoms in total. The van der Waals surface area contributed by atoms with E-state index in [4.69, 9.17) is 5.11 Å². The summed E-state index contributed by atoms with van der Waals surface area (Å²) in [5.41, 5.74) is 0.227. The average Bonchev–Trinajstić information content (AvgIpc) is 2.48. The van der Waals surface area contributed by atoms with Crippen LogP contribution >= 0.6 is 0 Å². The highest BCUT2D eigenvalue weighted by Gasteiger charge is 2.08. The molecule has 0 unspecified atom stereocenters. The van der Waals surface area contributed by atoms with Gasteiger partial charge in [-0.25, -0.2) is 9.78 Å². The first-order valence-corrected chi connectivity index (χ1v) is 3.63. The Balaban J connectivity index is 2.70. The third-order valence-electron chi connectivity index (χ3n) is 1.53. The van der Waals surface area contributed by atoms with Gasteiger partial charge in [0, 0.05) is 13.1 Å². The molecule has 1 heterocycles. The summed E-state index contributed by atoms with van der Waals surface area (Å²) >= 11 is 0. The number of hydrogen-bond donors (Lipinski definition) is 2. The summed E-state index contributed by atoms with van der Waals surface area (Å²) in [7, 11) is 1.82. The highest BCUT2D eigenvalue weighted by molar-refractivity contribution is 5.85. The summed E-state index contributed by atoms with van der Waals surface area (Å²) in [6, 6.07) is 0. The van der Waals surface area contributed by atoms with Crippen LogP contribution in [0.15, 0.2) is 12.5 Å². The third-order valence-corrected chi connectivity index (χ3v) is 1.53. The minimum absolute atomic E-state index is 0.227. The van der Waals surface area contributed by atoms with Gasteiger partial charge in [-0.2, -0.15) is 0 Å². The Hall–Kier alpha value is -1.36. The molecule has 66 valence electrons. The SMILES string of the molecule is CNCCn1cncc1C(=O)O. The number of carbonyl (C=O) groups is 1. The summed E-state index contributed by atoms with van der Waals surface area (Å²) in [6.07, 6.45) is 2.86. The van der Waals surface area contributed by atoms with E-state index in [1.165, 1.54) is 12.5 Å². The Bertz CT molecular complexity index is 269. The van der Waals surface area contributed by atoms with Gasteiger partial charge in [0.25, 0.3) is 0 Å². The van der Waals surface area contributed by atoms with Crippen LogP contribution in [0.25, 0.3) is 0 Å². The van der Waals surface area contributed by atoms with Crippen LogP contribution in [0.1, 0.15) is 10.5 Å². The van der Waals surface area contributed by atoms with Crippen molar-refractivity contribution in [3.8, 4) is 0 Å². The van der Waals surface area contributed by atoms with Crippen LogP contribution in [0.2, 0.25) is 0 Å². The first-order valence-electron chi connectivity index (χ1n) is 3.63. The molecule has 5 heteroatoms. The van der Waals surface area contributed by atoms with E-state index in [9.17, 15) is 4.79 Å². The highest BCUT2D eigenvalue weighted by Crippen LogP contribution is 1.97. The van der Waals surface area contributed by atoms with Crippen molar-refractivity contribution in [2.24, 2.45) is 0 Å². The monoisotopic (exact) mass is 169 g/mol. The second-order valence-corrected chi connectivity index (χ2v) is 2.38. The number of aromatic carboxylic acids is 1. The topological polar surface area (TPSA) is 67.2 Å². The van der Waals surface area contributed by atoms with E-state index < -0.39 is 5.97 Å². The number of likely N-dealkylation sites (N-methyl/N-ethyl adjacent to an activating group) is 1. The van der Waals surface area contributed by atoms with Crippen LogP contribution in [-0.2, 0) is 6.54 Å². The van der Waals surface area contributed by atoms with Gasteiger partial charge in [0.05, 0.1) is 12.5 Å². The van der Waals surface area contributed by atoms with Crippen LogP contribution < -0.4 is 5.32 Å². The smallest absolute Gasteiger partial charge is 0.354 e. The molecular weight excluding hydrogens is 158 g/mol. The molecule has 0 aromatic carbocycles. The fourth-order valence-corrected chi connectivity index (χ4v) is 0.909. The van der Waals surface area contributed by atoms with Crippen molar-refractivity contribution in [1.82, 2.24) is 14.9 Å². The van der Waals surface area contributed by atoms with Crippen molar-refractivity contribution in [2.75, 3.05) is 13.6 Å². The van der Waals surface area contributed by atoms with E-state index in [0.29, 0.717) is 6.54 Å². The Labute approximate surface area is 70.0 Å². The normalized spacial score (nSPS) is 10.1. The predicted molar refractivity (Wildman–Crippen MR) is 43.1 cm³/mol. The number of nitrogens with zero attached hydrogens (tertiary/aromatic N) is 2. The standard InChI is InChI=1S/C7H11N3O2/c1-8-2-3-10-5-9-4-6(10)7(11)12/h4-5,8H,2-3H2,1H3,(H,11,12). The molecule has 0 atom stereocenters. The lowest BCUT2D eigenvalue weighted by Gasteiger charge is -2.02. The Kier molecular flexibility index (Phi) is 2.82. The van der Waals surface area contributed by atoms with Crippen molar-refractivity contribution < 1.29 is 9.90 Å². The van der Waals surface area contributed by atoms with E-state index in [0.717, 1.165) is 6.54 Å². The minimum Gasteiger partial charge on any atom is -0.477 e. The summed E-state index contributed by atoms with van der Waals surface area (Å²) < 4.78 is 1.60. The van der Waals surface area contributed by atoms with Crippen molar-refractivity contribution in [2.45, 2.75) is 6.54 Å². The number of carboxylic acids is 1. The number of carboxylic acid groups (broad SMARTS) is 1. The third kappa shape index (κ3) is 1.82. The lowest BCUT2D eigenvalue weighted by atomic mass is 10.4. The van der Waals surface area contributed by atoms with Gasteiger partial charge in [-0.15, -0.1) is 0 Å². The lowest BCUT2D eigenvalue weighted by Crippen LogP contribution is -2.17. The summed E-state index contributed by atoms with van der Waals surface area (Å²) in [6.45, 7) is 1.36. The van der Waals surface area contributed by atoms with Gasteiger partial charge >= 0.3 is 5.97 Å². The van der Waals surface area contributed by atoms with E-state index in [2.05, 4.69) is 10.3 Å². The number of hydrogen-bond acceptors (Lipinski definition) is 3. The molecule has 0 saturated carbocycles. The zero-order valence-electron chi connectivity index (χ0n) is 6.82. The predicted octanol–water partition coefficient (Wildman–Crippen LogP) is -0.199. The van der Waals surface area contributed by atoms with Crippen molar-refractivity contribution >= 4 is 5.97 Å². The number of nitrogens with one attached hydrogen (secondary N) is 1. The van der Waals surface area contributed by atoms with E-state index >= 15 is 0 Å². The van der Waals surface area contributed by atoms with Crippen LogP contribution in [0.5, 0.6) is 0 Å². The molecule has 0 amide bonds. The Morgan fingerprint density at radius 1 is 1.83 bits per heavy atom. The van der Waals surface area contributed by atoms with Gasteiger partial charge in [-0.3, -0.25) is 0 Å². The fourth-order valence-electron chi connectivity index (χ4n) is 0.909. The number of imidazole rings is 1. The first-order chi connectivity index (χ1) is 5.75.